The molecule has 0 fully saturated rings. The predicted octanol–water partition coefficient (Wildman–Crippen LogP) is 3.11. The van der Waals surface area contributed by atoms with Crippen molar-refractivity contribution in [3.63, 3.8) is 0 Å². The van der Waals surface area contributed by atoms with Crippen LogP contribution in [0.5, 0.6) is 5.75 Å². The Morgan fingerprint density at radius 2 is 2.10 bits per heavy atom. The van der Waals surface area contributed by atoms with Crippen LogP contribution < -0.4 is 4.74 Å². The summed E-state index contributed by atoms with van der Waals surface area (Å²) < 4.78 is 5.28. The number of fused-ring (bicyclic) bond motifs is 1. The number of hydrogen-bond donors (Lipinski definition) is 1. The van der Waals surface area contributed by atoms with E-state index in [0.717, 1.165) is 16.5 Å². The molecular formula is C16H14N2O2. The normalized spacial score (nSPS) is 10.7. The maximum atomic E-state index is 12.7. The van der Waals surface area contributed by atoms with Crippen LogP contribution in [0.25, 0.3) is 10.9 Å². The zero-order chi connectivity index (χ0) is 14.1. The van der Waals surface area contributed by atoms with Crippen LogP contribution in [-0.4, -0.2) is 22.9 Å². The van der Waals surface area contributed by atoms with Crippen molar-refractivity contribution >= 4 is 16.7 Å². The van der Waals surface area contributed by atoms with Gasteiger partial charge in [-0.15, -0.1) is 0 Å². The first-order valence-electron chi connectivity index (χ1n) is 6.31. The highest BCUT2D eigenvalue weighted by atomic mass is 16.5. The summed E-state index contributed by atoms with van der Waals surface area (Å²) in [6, 6.07) is 7.43. The van der Waals surface area contributed by atoms with Crippen molar-refractivity contribution in [2.75, 3.05) is 7.11 Å². The summed E-state index contributed by atoms with van der Waals surface area (Å²) in [5.74, 6) is 0.517. The number of ether oxygens (including phenoxy) is 1. The molecule has 4 heteroatoms. The highest BCUT2D eigenvalue weighted by Crippen LogP contribution is 2.26. The van der Waals surface area contributed by atoms with E-state index in [4.69, 9.17) is 4.74 Å². The zero-order valence-electron chi connectivity index (χ0n) is 11.3. The van der Waals surface area contributed by atoms with Crippen molar-refractivity contribution in [1.82, 2.24) is 9.97 Å². The van der Waals surface area contributed by atoms with Gasteiger partial charge in [-0.05, 0) is 25.1 Å². The number of carbonyl (C=O) groups excluding carboxylic acids is 1. The molecule has 3 rings (SSSR count). The average Bonchev–Trinajstić information content (AvgIpc) is 2.90. The number of methoxy groups -OCH3 is 1. The number of aryl methyl sites for hydroxylation is 1. The number of benzene rings is 1. The fraction of sp³-hybridized carbons (Fsp3) is 0.125. The summed E-state index contributed by atoms with van der Waals surface area (Å²) in [4.78, 5) is 19.9. The van der Waals surface area contributed by atoms with E-state index in [1.165, 1.54) is 0 Å². The fourth-order valence-corrected chi connectivity index (χ4v) is 2.29. The van der Waals surface area contributed by atoms with Crippen molar-refractivity contribution < 1.29 is 9.53 Å². The molecule has 2 heterocycles. The molecule has 1 N–H and O–H groups in total. The Hall–Kier alpha value is -2.62. The number of pyridine rings is 1. The number of rotatable bonds is 3. The predicted molar refractivity (Wildman–Crippen MR) is 77.3 cm³/mol. The lowest BCUT2D eigenvalue weighted by atomic mass is 10.0. The Balaban J connectivity index is 2.15. The molecule has 3 aromatic rings. The third-order valence-electron chi connectivity index (χ3n) is 3.33. The number of nitrogens with one attached hydrogen (secondary N) is 1. The van der Waals surface area contributed by atoms with Gasteiger partial charge in [-0.25, -0.2) is 0 Å². The lowest BCUT2D eigenvalue weighted by Gasteiger charge is -2.08. The van der Waals surface area contributed by atoms with Crippen molar-refractivity contribution in [1.29, 1.82) is 0 Å². The number of H-pyrrole nitrogens is 1. The lowest BCUT2D eigenvalue weighted by molar-refractivity contribution is 0.103. The van der Waals surface area contributed by atoms with E-state index in [2.05, 4.69) is 9.97 Å². The molecule has 0 aliphatic rings. The van der Waals surface area contributed by atoms with E-state index in [-0.39, 0.29) is 5.78 Å². The largest absolute Gasteiger partial charge is 0.496 e. The minimum Gasteiger partial charge on any atom is -0.496 e. The zero-order valence-corrected chi connectivity index (χ0v) is 11.3. The fourth-order valence-electron chi connectivity index (χ4n) is 2.29. The summed E-state index contributed by atoms with van der Waals surface area (Å²) in [5.41, 5.74) is 3.09. The van der Waals surface area contributed by atoms with Crippen LogP contribution in [0, 0.1) is 6.92 Å². The SMILES string of the molecule is COc1ccc(C)cc1C(=O)c1c[nH]c2ccncc12. The number of nitrogens with zero attached hydrogens (tertiary/aromatic N) is 1. The number of ketones is 1. The smallest absolute Gasteiger partial charge is 0.198 e. The second-order valence-electron chi connectivity index (χ2n) is 4.66. The number of carbonyl (C=O) groups is 1. The third-order valence-corrected chi connectivity index (χ3v) is 3.33. The first kappa shape index (κ1) is 12.4. The first-order valence-corrected chi connectivity index (χ1v) is 6.31. The van der Waals surface area contributed by atoms with Crippen molar-refractivity contribution in [3.8, 4) is 5.75 Å². The molecule has 20 heavy (non-hydrogen) atoms. The molecule has 0 spiro atoms. The average molecular weight is 266 g/mol. The van der Waals surface area contributed by atoms with Crippen LogP contribution in [0.2, 0.25) is 0 Å². The molecule has 0 aliphatic heterocycles. The molecule has 0 aliphatic carbocycles. The standard InChI is InChI=1S/C16H14N2O2/c1-10-3-4-15(20-2)11(7-10)16(19)13-9-18-14-5-6-17-8-12(13)14/h3-9,18H,1-2H3. The van der Waals surface area contributed by atoms with E-state index >= 15 is 0 Å². The Morgan fingerprint density at radius 1 is 1.25 bits per heavy atom. The van der Waals surface area contributed by atoms with E-state index in [1.807, 2.05) is 31.2 Å². The summed E-state index contributed by atoms with van der Waals surface area (Å²) in [7, 11) is 1.57. The van der Waals surface area contributed by atoms with Crippen LogP contribution in [-0.2, 0) is 0 Å². The molecule has 0 saturated heterocycles. The maximum absolute atomic E-state index is 12.7. The van der Waals surface area contributed by atoms with Crippen molar-refractivity contribution in [2.24, 2.45) is 0 Å². The first-order chi connectivity index (χ1) is 9.70. The molecular weight excluding hydrogens is 252 g/mol. The monoisotopic (exact) mass is 266 g/mol. The van der Waals surface area contributed by atoms with Gasteiger partial charge in [0.1, 0.15) is 5.75 Å². The van der Waals surface area contributed by atoms with Gasteiger partial charge >= 0.3 is 0 Å². The Bertz CT molecular complexity index is 790. The van der Waals surface area contributed by atoms with E-state index in [1.54, 1.807) is 25.7 Å². The highest BCUT2D eigenvalue weighted by molar-refractivity contribution is 6.17. The molecule has 0 bridgehead atoms. The molecule has 0 atom stereocenters. The molecule has 0 saturated carbocycles. The number of hydrogen-bond acceptors (Lipinski definition) is 3. The summed E-state index contributed by atoms with van der Waals surface area (Å²) >= 11 is 0. The second-order valence-corrected chi connectivity index (χ2v) is 4.66. The van der Waals surface area contributed by atoms with Gasteiger partial charge in [0.2, 0.25) is 0 Å². The minimum absolute atomic E-state index is 0.0650. The third kappa shape index (κ3) is 1.95. The van der Waals surface area contributed by atoms with Crippen LogP contribution in [0.1, 0.15) is 21.5 Å². The molecule has 0 radical (unpaired) electrons. The van der Waals surface area contributed by atoms with E-state index in [9.17, 15) is 4.79 Å². The Kier molecular flexibility index (Phi) is 2.99. The van der Waals surface area contributed by atoms with Crippen molar-refractivity contribution in [2.45, 2.75) is 6.92 Å². The van der Waals surface area contributed by atoms with Gasteiger partial charge in [-0.3, -0.25) is 9.78 Å². The minimum atomic E-state index is -0.0650. The number of aromatic amines is 1. The van der Waals surface area contributed by atoms with Gasteiger partial charge in [0.05, 0.1) is 12.7 Å². The van der Waals surface area contributed by atoms with Gasteiger partial charge in [-0.2, -0.15) is 0 Å². The summed E-state index contributed by atoms with van der Waals surface area (Å²) in [6.45, 7) is 1.95. The van der Waals surface area contributed by atoms with Gasteiger partial charge in [0.15, 0.2) is 5.78 Å². The molecule has 0 unspecified atom stereocenters. The second kappa shape index (κ2) is 4.81. The summed E-state index contributed by atoms with van der Waals surface area (Å²) in [5, 5.41) is 0.820. The topological polar surface area (TPSA) is 55.0 Å². The molecule has 4 nitrogen and oxygen atoms in total. The summed E-state index contributed by atoms with van der Waals surface area (Å²) in [6.07, 6.45) is 5.11. The van der Waals surface area contributed by atoms with E-state index < -0.39 is 0 Å². The van der Waals surface area contributed by atoms with Gasteiger partial charge in [0, 0.05) is 35.1 Å². The van der Waals surface area contributed by atoms with Crippen LogP contribution in [0.3, 0.4) is 0 Å². The highest BCUT2D eigenvalue weighted by Gasteiger charge is 2.18. The molecule has 0 amide bonds. The van der Waals surface area contributed by atoms with Gasteiger partial charge < -0.3 is 9.72 Å². The van der Waals surface area contributed by atoms with Crippen LogP contribution in [0.4, 0.5) is 0 Å². The van der Waals surface area contributed by atoms with Crippen LogP contribution in [0.15, 0.2) is 42.9 Å². The Labute approximate surface area is 116 Å². The van der Waals surface area contributed by atoms with Gasteiger partial charge in [-0.1, -0.05) is 11.6 Å². The molecule has 1 aromatic carbocycles. The molecule has 2 aromatic heterocycles. The quantitative estimate of drug-likeness (QED) is 0.741. The van der Waals surface area contributed by atoms with Gasteiger partial charge in [0.25, 0.3) is 0 Å². The maximum Gasteiger partial charge on any atom is 0.198 e. The lowest BCUT2D eigenvalue weighted by Crippen LogP contribution is -2.04. The Morgan fingerprint density at radius 3 is 2.90 bits per heavy atom. The van der Waals surface area contributed by atoms with E-state index in [0.29, 0.717) is 16.9 Å². The molecule has 100 valence electrons. The van der Waals surface area contributed by atoms with Crippen LogP contribution >= 0.6 is 0 Å². The van der Waals surface area contributed by atoms with Crippen molar-refractivity contribution in [3.05, 3.63) is 59.5 Å². The number of aromatic nitrogens is 2.